The minimum absolute atomic E-state index is 0.655. The van der Waals surface area contributed by atoms with Crippen LogP contribution in [0.5, 0.6) is 5.75 Å². The maximum Gasteiger partial charge on any atom is 0.139 e. The van der Waals surface area contributed by atoms with Crippen LogP contribution in [0, 0.1) is 5.92 Å². The Kier molecular flexibility index (Phi) is 6.48. The number of anilines is 1. The van der Waals surface area contributed by atoms with Gasteiger partial charge in [0.25, 0.3) is 0 Å². The molecule has 4 heterocycles. The summed E-state index contributed by atoms with van der Waals surface area (Å²) in [5.74, 6) is 2.36. The van der Waals surface area contributed by atoms with Crippen LogP contribution in [-0.2, 0) is 17.7 Å². The van der Waals surface area contributed by atoms with Crippen molar-refractivity contribution in [2.24, 2.45) is 5.92 Å². The number of para-hydroxylation sites is 1. The Balaban J connectivity index is 1.27. The third-order valence-corrected chi connectivity index (χ3v) is 6.25. The topological polar surface area (TPSA) is 74.1 Å². The molecule has 1 aliphatic heterocycles. The van der Waals surface area contributed by atoms with Crippen LogP contribution in [0.1, 0.15) is 18.4 Å². The molecule has 0 saturated carbocycles. The van der Waals surface area contributed by atoms with E-state index in [-0.39, 0.29) is 0 Å². The van der Waals surface area contributed by atoms with Crippen molar-refractivity contribution in [3.8, 4) is 17.0 Å². The van der Waals surface area contributed by atoms with Crippen molar-refractivity contribution < 1.29 is 9.47 Å². The molecule has 0 atom stereocenters. The number of methoxy groups -OCH3 is 1. The lowest BCUT2D eigenvalue weighted by molar-refractivity contribution is 0.0616. The summed E-state index contributed by atoms with van der Waals surface area (Å²) >= 11 is 0. The van der Waals surface area contributed by atoms with Gasteiger partial charge < -0.3 is 19.4 Å². The first-order valence-electron chi connectivity index (χ1n) is 11.5. The molecule has 0 spiro atoms. The number of aromatic nitrogens is 4. The molecule has 1 saturated heterocycles. The van der Waals surface area contributed by atoms with Crippen LogP contribution < -0.4 is 10.1 Å². The quantitative estimate of drug-likeness (QED) is 0.430. The number of nitrogens with one attached hydrogen (secondary N) is 1. The monoisotopic (exact) mass is 443 g/mol. The molecule has 0 unspecified atom stereocenters. The average Bonchev–Trinajstić information content (AvgIpc) is 3.27. The molecule has 7 nitrogen and oxygen atoms in total. The van der Waals surface area contributed by atoms with Crippen molar-refractivity contribution in [2.45, 2.75) is 25.8 Å². The van der Waals surface area contributed by atoms with Gasteiger partial charge in [0.15, 0.2) is 0 Å². The lowest BCUT2D eigenvalue weighted by Gasteiger charge is -2.22. The molecule has 7 heteroatoms. The van der Waals surface area contributed by atoms with E-state index in [2.05, 4.69) is 44.2 Å². The largest absolute Gasteiger partial charge is 0.496 e. The summed E-state index contributed by atoms with van der Waals surface area (Å²) in [6.07, 6.45) is 8.72. The van der Waals surface area contributed by atoms with E-state index in [0.29, 0.717) is 5.92 Å². The minimum atomic E-state index is 0.655. The highest BCUT2D eigenvalue weighted by Crippen LogP contribution is 2.25. The fourth-order valence-corrected chi connectivity index (χ4v) is 4.42. The summed E-state index contributed by atoms with van der Waals surface area (Å²) in [7, 11) is 1.70. The van der Waals surface area contributed by atoms with Gasteiger partial charge in [-0.3, -0.25) is 0 Å². The summed E-state index contributed by atoms with van der Waals surface area (Å²) in [6.45, 7) is 3.48. The van der Waals surface area contributed by atoms with E-state index < -0.39 is 0 Å². The Labute approximate surface area is 193 Å². The molecule has 0 bridgehead atoms. The number of rotatable bonds is 8. The zero-order chi connectivity index (χ0) is 22.5. The molecule has 4 aromatic rings. The van der Waals surface area contributed by atoms with Crippen LogP contribution in [0.2, 0.25) is 0 Å². The fraction of sp³-hybridized carbons (Fsp3) is 0.346. The van der Waals surface area contributed by atoms with Crippen LogP contribution in [0.15, 0.2) is 61.2 Å². The lowest BCUT2D eigenvalue weighted by atomic mass is 10.0. The van der Waals surface area contributed by atoms with Gasteiger partial charge in [-0.15, -0.1) is 0 Å². The third-order valence-electron chi connectivity index (χ3n) is 6.25. The van der Waals surface area contributed by atoms with Crippen LogP contribution >= 0.6 is 0 Å². The zero-order valence-electron chi connectivity index (χ0n) is 18.9. The molecule has 1 aliphatic rings. The maximum atomic E-state index is 5.49. The standard InChI is InChI=1S/C26H29N5O2/c1-32-24-5-3-2-4-20(24)6-10-27-25-15-23(29-18-30-25)22-14-21-7-11-31(26(21)28-16-22)17-19-8-12-33-13-9-19/h2-5,7,11,14-16,18-19H,6,8-10,12-13,17H2,1H3,(H,27,29,30). The molecular formula is C26H29N5O2. The van der Waals surface area contributed by atoms with Gasteiger partial charge in [-0.25, -0.2) is 15.0 Å². The first-order chi connectivity index (χ1) is 16.3. The van der Waals surface area contributed by atoms with Gasteiger partial charge in [-0.05, 0) is 48.9 Å². The number of hydrogen-bond acceptors (Lipinski definition) is 6. The number of pyridine rings is 1. The van der Waals surface area contributed by atoms with E-state index in [1.54, 1.807) is 13.4 Å². The predicted molar refractivity (Wildman–Crippen MR) is 129 cm³/mol. The first kappa shape index (κ1) is 21.4. The summed E-state index contributed by atoms with van der Waals surface area (Å²) in [4.78, 5) is 13.6. The first-order valence-corrected chi connectivity index (χ1v) is 11.5. The highest BCUT2D eigenvalue weighted by Gasteiger charge is 2.16. The van der Waals surface area contributed by atoms with E-state index >= 15 is 0 Å². The number of fused-ring (bicyclic) bond motifs is 1. The van der Waals surface area contributed by atoms with Crippen molar-refractivity contribution in [3.63, 3.8) is 0 Å². The summed E-state index contributed by atoms with van der Waals surface area (Å²) in [5, 5.41) is 4.53. The summed E-state index contributed by atoms with van der Waals surface area (Å²) in [6, 6.07) is 14.4. The number of nitrogens with zero attached hydrogens (tertiary/aromatic N) is 4. The third kappa shape index (κ3) is 4.98. The predicted octanol–water partition coefficient (Wildman–Crippen LogP) is 4.58. The van der Waals surface area contributed by atoms with Gasteiger partial charge >= 0.3 is 0 Å². The molecule has 0 aliphatic carbocycles. The Morgan fingerprint density at radius 1 is 1.09 bits per heavy atom. The van der Waals surface area contributed by atoms with Crippen LogP contribution in [0.4, 0.5) is 5.82 Å². The molecule has 1 aromatic carbocycles. The van der Waals surface area contributed by atoms with Crippen molar-refractivity contribution in [2.75, 3.05) is 32.2 Å². The Hall–Kier alpha value is -3.45. The van der Waals surface area contributed by atoms with Gasteiger partial charge in [0.2, 0.25) is 0 Å². The second kappa shape index (κ2) is 10.0. The van der Waals surface area contributed by atoms with E-state index in [4.69, 9.17) is 14.5 Å². The lowest BCUT2D eigenvalue weighted by Crippen LogP contribution is -2.20. The highest BCUT2D eigenvalue weighted by molar-refractivity contribution is 5.81. The van der Waals surface area contributed by atoms with E-state index in [1.165, 1.54) is 5.56 Å². The fourth-order valence-electron chi connectivity index (χ4n) is 4.42. The van der Waals surface area contributed by atoms with E-state index in [1.807, 2.05) is 30.5 Å². The average molecular weight is 444 g/mol. The Morgan fingerprint density at radius 3 is 2.85 bits per heavy atom. The van der Waals surface area contributed by atoms with Gasteiger partial charge in [-0.2, -0.15) is 0 Å². The highest BCUT2D eigenvalue weighted by atomic mass is 16.5. The van der Waals surface area contributed by atoms with Crippen LogP contribution in [0.3, 0.4) is 0 Å². The molecular weight excluding hydrogens is 414 g/mol. The smallest absolute Gasteiger partial charge is 0.139 e. The normalized spacial score (nSPS) is 14.5. The van der Waals surface area contributed by atoms with Gasteiger partial charge in [0, 0.05) is 55.7 Å². The SMILES string of the molecule is COc1ccccc1CCNc1cc(-c2cnc3c(ccn3CC3CCOCC3)c2)ncn1. The van der Waals surface area contributed by atoms with Gasteiger partial charge in [0.05, 0.1) is 12.8 Å². The summed E-state index contributed by atoms with van der Waals surface area (Å²) in [5.41, 5.74) is 4.04. The van der Waals surface area contributed by atoms with Gasteiger partial charge in [0.1, 0.15) is 23.5 Å². The van der Waals surface area contributed by atoms with E-state index in [0.717, 1.165) is 79.4 Å². The molecule has 170 valence electrons. The number of benzene rings is 1. The minimum Gasteiger partial charge on any atom is -0.496 e. The second-order valence-electron chi connectivity index (χ2n) is 8.44. The van der Waals surface area contributed by atoms with Crippen molar-refractivity contribution in [1.29, 1.82) is 0 Å². The Morgan fingerprint density at radius 2 is 1.97 bits per heavy atom. The Bertz CT molecular complexity index is 1220. The van der Waals surface area contributed by atoms with Crippen LogP contribution in [-0.4, -0.2) is 46.4 Å². The second-order valence-corrected chi connectivity index (χ2v) is 8.44. The van der Waals surface area contributed by atoms with Crippen molar-refractivity contribution >= 4 is 16.9 Å². The molecule has 1 fully saturated rings. The number of ether oxygens (including phenoxy) is 2. The zero-order valence-corrected chi connectivity index (χ0v) is 18.9. The molecule has 33 heavy (non-hydrogen) atoms. The summed E-state index contributed by atoms with van der Waals surface area (Å²) < 4.78 is 13.2. The molecule has 0 amide bonds. The van der Waals surface area contributed by atoms with Gasteiger partial charge in [-0.1, -0.05) is 18.2 Å². The molecule has 0 radical (unpaired) electrons. The van der Waals surface area contributed by atoms with E-state index in [9.17, 15) is 0 Å². The van der Waals surface area contributed by atoms with Crippen LogP contribution in [0.25, 0.3) is 22.3 Å². The van der Waals surface area contributed by atoms with Crippen molar-refractivity contribution in [3.05, 3.63) is 66.7 Å². The number of hydrogen-bond donors (Lipinski definition) is 1. The molecule has 1 N–H and O–H groups in total. The maximum absolute atomic E-state index is 5.49. The molecule has 5 rings (SSSR count). The van der Waals surface area contributed by atoms with Crippen molar-refractivity contribution in [1.82, 2.24) is 19.5 Å². The molecule has 3 aromatic heterocycles.